The molecule has 0 aliphatic heterocycles. The molecule has 0 bridgehead atoms. The summed E-state index contributed by atoms with van der Waals surface area (Å²) in [6.45, 7) is 4.98. The van der Waals surface area contributed by atoms with E-state index >= 15 is 0 Å². The Morgan fingerprint density at radius 1 is 1.47 bits per heavy atom. The van der Waals surface area contributed by atoms with Gasteiger partial charge in [0.05, 0.1) is 4.47 Å². The van der Waals surface area contributed by atoms with Gasteiger partial charge in [-0.2, -0.15) is 0 Å². The van der Waals surface area contributed by atoms with Crippen LogP contribution in [0.4, 0.5) is 5.95 Å². The van der Waals surface area contributed by atoms with E-state index in [2.05, 4.69) is 25.9 Å². The van der Waals surface area contributed by atoms with Gasteiger partial charge in [-0.05, 0) is 29.8 Å². The molecule has 0 saturated carbocycles. The number of hydrogen-bond acceptors (Lipinski definition) is 4. The highest BCUT2D eigenvalue weighted by atomic mass is 79.9. The quantitative estimate of drug-likeness (QED) is 0.918. The summed E-state index contributed by atoms with van der Waals surface area (Å²) in [6, 6.07) is -0.143. The Bertz CT molecular complexity index is 462. The Morgan fingerprint density at radius 3 is 2.47 bits per heavy atom. The number of aromatic carboxylic acids is 1. The van der Waals surface area contributed by atoms with Crippen LogP contribution >= 0.6 is 15.9 Å². The highest BCUT2D eigenvalue weighted by molar-refractivity contribution is 9.10. The lowest BCUT2D eigenvalue weighted by Crippen LogP contribution is -2.36. The van der Waals surface area contributed by atoms with Crippen molar-refractivity contribution in [3.05, 3.63) is 16.4 Å². The maximum atomic E-state index is 11.4. The van der Waals surface area contributed by atoms with Crippen molar-refractivity contribution in [3.8, 4) is 0 Å². The molecule has 17 heavy (non-hydrogen) atoms. The minimum Gasteiger partial charge on any atom is -0.476 e. The van der Waals surface area contributed by atoms with Crippen LogP contribution in [0.5, 0.6) is 0 Å². The molecule has 0 radical (unpaired) electrons. The first-order valence-electron chi connectivity index (χ1n) is 4.90. The number of carboxylic acids is 1. The van der Waals surface area contributed by atoms with Gasteiger partial charge in [-0.1, -0.05) is 0 Å². The molecule has 0 aromatic carbocycles. The molecule has 0 aliphatic carbocycles. The number of carboxylic acid groups (broad SMARTS) is 1. The predicted octanol–water partition coefficient (Wildman–Crippen LogP) is 1.70. The average Bonchev–Trinajstić information content (AvgIpc) is 2.19. The van der Waals surface area contributed by atoms with Crippen LogP contribution in [0.15, 0.2) is 10.7 Å². The van der Waals surface area contributed by atoms with Gasteiger partial charge >= 0.3 is 5.97 Å². The van der Waals surface area contributed by atoms with Crippen LogP contribution < -0.4 is 4.90 Å². The molecule has 0 unspecified atom stereocenters. The van der Waals surface area contributed by atoms with Crippen molar-refractivity contribution in [1.29, 1.82) is 0 Å². The van der Waals surface area contributed by atoms with E-state index in [1.54, 1.807) is 13.8 Å². The van der Waals surface area contributed by atoms with E-state index in [1.165, 1.54) is 18.0 Å². The van der Waals surface area contributed by atoms with E-state index in [-0.39, 0.29) is 28.1 Å². The molecule has 1 heterocycles. The van der Waals surface area contributed by atoms with Crippen molar-refractivity contribution < 1.29 is 14.7 Å². The Kier molecular flexibility index (Phi) is 4.17. The summed E-state index contributed by atoms with van der Waals surface area (Å²) < 4.78 is 0.279. The van der Waals surface area contributed by atoms with Gasteiger partial charge in [-0.25, -0.2) is 14.8 Å². The summed E-state index contributed by atoms with van der Waals surface area (Å²) in [5, 5.41) is 8.93. The Balaban J connectivity index is 3.26. The van der Waals surface area contributed by atoms with Gasteiger partial charge < -0.3 is 5.11 Å². The van der Waals surface area contributed by atoms with E-state index in [1.807, 2.05) is 0 Å². The number of halogens is 1. The summed E-state index contributed by atoms with van der Waals surface area (Å²) in [4.78, 5) is 31.5. The number of anilines is 1. The van der Waals surface area contributed by atoms with E-state index in [4.69, 9.17) is 5.11 Å². The molecule has 1 N–H and O–H groups in total. The molecular formula is C10H12BrN3O3. The third kappa shape index (κ3) is 3.00. The number of carbonyl (C=O) groups excluding carboxylic acids is 1. The third-order valence-corrected chi connectivity index (χ3v) is 2.59. The van der Waals surface area contributed by atoms with Gasteiger partial charge in [0.15, 0.2) is 5.69 Å². The molecule has 0 saturated heterocycles. The van der Waals surface area contributed by atoms with E-state index in [9.17, 15) is 9.59 Å². The van der Waals surface area contributed by atoms with Crippen LogP contribution in [0.1, 0.15) is 31.3 Å². The largest absolute Gasteiger partial charge is 0.476 e. The van der Waals surface area contributed by atoms with Gasteiger partial charge in [0.2, 0.25) is 11.9 Å². The molecule has 7 heteroatoms. The van der Waals surface area contributed by atoms with Crippen molar-refractivity contribution in [2.45, 2.75) is 26.8 Å². The van der Waals surface area contributed by atoms with Crippen molar-refractivity contribution in [2.75, 3.05) is 4.90 Å². The Labute approximate surface area is 107 Å². The van der Waals surface area contributed by atoms with Gasteiger partial charge in [0.25, 0.3) is 0 Å². The van der Waals surface area contributed by atoms with Crippen molar-refractivity contribution >= 4 is 33.8 Å². The molecule has 1 rings (SSSR count). The van der Waals surface area contributed by atoms with Crippen molar-refractivity contribution in [3.63, 3.8) is 0 Å². The fourth-order valence-electron chi connectivity index (χ4n) is 1.36. The smallest absolute Gasteiger partial charge is 0.355 e. The summed E-state index contributed by atoms with van der Waals surface area (Å²) in [5.41, 5.74) is -0.165. The number of carbonyl (C=O) groups is 2. The van der Waals surface area contributed by atoms with Crippen LogP contribution in [0.2, 0.25) is 0 Å². The van der Waals surface area contributed by atoms with Crippen molar-refractivity contribution in [1.82, 2.24) is 9.97 Å². The molecule has 0 aliphatic rings. The van der Waals surface area contributed by atoms with E-state index < -0.39 is 5.97 Å². The first kappa shape index (κ1) is 13.6. The van der Waals surface area contributed by atoms with Gasteiger partial charge in [-0.3, -0.25) is 9.69 Å². The molecule has 0 atom stereocenters. The molecule has 0 fully saturated rings. The minimum atomic E-state index is -1.17. The number of rotatable bonds is 3. The van der Waals surface area contributed by atoms with Crippen LogP contribution in [-0.2, 0) is 4.79 Å². The summed E-state index contributed by atoms with van der Waals surface area (Å²) >= 11 is 3.04. The predicted molar refractivity (Wildman–Crippen MR) is 65.0 cm³/mol. The summed E-state index contributed by atoms with van der Waals surface area (Å²) in [7, 11) is 0. The normalized spacial score (nSPS) is 10.4. The highest BCUT2D eigenvalue weighted by Crippen LogP contribution is 2.18. The number of amides is 1. The second kappa shape index (κ2) is 5.22. The first-order chi connectivity index (χ1) is 7.84. The van der Waals surface area contributed by atoms with Gasteiger partial charge in [0, 0.05) is 19.2 Å². The number of nitrogens with zero attached hydrogens (tertiary/aromatic N) is 3. The second-order valence-electron chi connectivity index (χ2n) is 3.65. The standard InChI is InChI=1S/C10H12BrN3O3/c1-5(2)14(6(3)15)10-12-4-7(11)8(13-10)9(16)17/h4-5H,1-3H3,(H,16,17). The summed E-state index contributed by atoms with van der Waals surface area (Å²) in [6.07, 6.45) is 1.32. The minimum absolute atomic E-state index is 0.0908. The van der Waals surface area contributed by atoms with Crippen molar-refractivity contribution in [2.24, 2.45) is 0 Å². The number of aromatic nitrogens is 2. The maximum absolute atomic E-state index is 11.4. The van der Waals surface area contributed by atoms with Crippen LogP contribution in [0.3, 0.4) is 0 Å². The third-order valence-electron chi connectivity index (χ3n) is 2.01. The summed E-state index contributed by atoms with van der Waals surface area (Å²) in [5.74, 6) is -1.32. The van der Waals surface area contributed by atoms with Crippen LogP contribution in [-0.4, -0.2) is 33.0 Å². The zero-order chi connectivity index (χ0) is 13.2. The molecule has 1 aromatic heterocycles. The molecule has 1 amide bonds. The zero-order valence-electron chi connectivity index (χ0n) is 9.64. The zero-order valence-corrected chi connectivity index (χ0v) is 11.2. The van der Waals surface area contributed by atoms with E-state index in [0.29, 0.717) is 0 Å². The van der Waals surface area contributed by atoms with Crippen LogP contribution in [0, 0.1) is 0 Å². The lowest BCUT2D eigenvalue weighted by atomic mass is 10.3. The fourth-order valence-corrected chi connectivity index (χ4v) is 1.72. The fraction of sp³-hybridized carbons (Fsp3) is 0.400. The Hall–Kier alpha value is -1.50. The van der Waals surface area contributed by atoms with Gasteiger partial charge in [0.1, 0.15) is 0 Å². The maximum Gasteiger partial charge on any atom is 0.355 e. The highest BCUT2D eigenvalue weighted by Gasteiger charge is 2.21. The average molecular weight is 302 g/mol. The molecule has 92 valence electrons. The number of hydrogen-bond donors (Lipinski definition) is 1. The van der Waals surface area contributed by atoms with E-state index in [0.717, 1.165) is 0 Å². The molecule has 6 nitrogen and oxygen atoms in total. The van der Waals surface area contributed by atoms with Gasteiger partial charge in [-0.15, -0.1) is 0 Å². The van der Waals surface area contributed by atoms with Crippen LogP contribution in [0.25, 0.3) is 0 Å². The lowest BCUT2D eigenvalue weighted by Gasteiger charge is -2.23. The monoisotopic (exact) mass is 301 g/mol. The molecule has 0 spiro atoms. The lowest BCUT2D eigenvalue weighted by molar-refractivity contribution is -0.117. The first-order valence-corrected chi connectivity index (χ1v) is 5.69. The molecule has 1 aromatic rings. The Morgan fingerprint density at radius 2 is 2.06 bits per heavy atom. The molecular weight excluding hydrogens is 290 g/mol. The SMILES string of the molecule is CC(=O)N(c1ncc(Br)c(C(=O)O)n1)C(C)C. The second-order valence-corrected chi connectivity index (χ2v) is 4.51. The topological polar surface area (TPSA) is 83.4 Å².